The highest BCUT2D eigenvalue weighted by Gasteiger charge is 2.19. The van der Waals surface area contributed by atoms with E-state index in [-0.39, 0.29) is 18.1 Å². The molecular weight excluding hydrogens is 326 g/mol. The smallest absolute Gasteiger partial charge is 0.335 e. The summed E-state index contributed by atoms with van der Waals surface area (Å²) in [7, 11) is 0. The Balaban J connectivity index is 1.51. The number of carboxylic acids is 1. The summed E-state index contributed by atoms with van der Waals surface area (Å²) in [6, 6.07) is 11.2. The van der Waals surface area contributed by atoms with Crippen molar-refractivity contribution in [1.29, 1.82) is 0 Å². The van der Waals surface area contributed by atoms with Gasteiger partial charge in [-0.1, -0.05) is 6.07 Å². The van der Waals surface area contributed by atoms with Crippen molar-refractivity contribution in [2.75, 3.05) is 26.4 Å². The van der Waals surface area contributed by atoms with Crippen LogP contribution in [-0.4, -0.2) is 43.3 Å². The van der Waals surface area contributed by atoms with E-state index in [1.807, 2.05) is 0 Å². The molecule has 0 bridgehead atoms. The first-order valence-electron chi connectivity index (χ1n) is 7.78. The molecule has 2 aromatic carbocycles. The Kier molecular flexibility index (Phi) is 5.03. The van der Waals surface area contributed by atoms with Gasteiger partial charge in [-0.05, 0) is 36.4 Å². The Morgan fingerprint density at radius 3 is 2.60 bits per heavy atom. The number of carboxylic acid groups (broad SMARTS) is 1. The predicted molar refractivity (Wildman–Crippen MR) is 88.7 cm³/mol. The zero-order valence-corrected chi connectivity index (χ0v) is 13.4. The summed E-state index contributed by atoms with van der Waals surface area (Å²) in [6.45, 7) is 1.42. The maximum absolute atomic E-state index is 12.3. The number of fused-ring (bicyclic) bond motifs is 1. The van der Waals surface area contributed by atoms with E-state index in [2.05, 4.69) is 5.32 Å². The second-order valence-electron chi connectivity index (χ2n) is 5.26. The highest BCUT2D eigenvalue weighted by Crippen LogP contribution is 2.33. The van der Waals surface area contributed by atoms with Crippen LogP contribution in [0.25, 0.3) is 0 Å². The Morgan fingerprint density at radius 2 is 1.84 bits per heavy atom. The molecule has 130 valence electrons. The lowest BCUT2D eigenvalue weighted by molar-refractivity contribution is 0.0696. The minimum absolute atomic E-state index is 0.191. The average Bonchev–Trinajstić information content (AvgIpc) is 2.65. The fourth-order valence-corrected chi connectivity index (χ4v) is 2.37. The predicted octanol–water partition coefficient (Wildman–Crippen LogP) is 1.96. The number of ether oxygens (including phenoxy) is 3. The first kappa shape index (κ1) is 16.6. The largest absolute Gasteiger partial charge is 0.492 e. The van der Waals surface area contributed by atoms with Gasteiger partial charge in [-0.15, -0.1) is 0 Å². The maximum Gasteiger partial charge on any atom is 0.335 e. The number of nitrogens with one attached hydrogen (secondary N) is 1. The maximum atomic E-state index is 12.3. The summed E-state index contributed by atoms with van der Waals surface area (Å²) in [5.74, 6) is 0.293. The third-order valence-electron chi connectivity index (χ3n) is 3.57. The fourth-order valence-electron chi connectivity index (χ4n) is 2.37. The van der Waals surface area contributed by atoms with Crippen LogP contribution in [0.1, 0.15) is 20.7 Å². The monoisotopic (exact) mass is 343 g/mol. The molecule has 0 saturated heterocycles. The zero-order valence-electron chi connectivity index (χ0n) is 13.4. The third-order valence-corrected chi connectivity index (χ3v) is 3.57. The molecule has 0 fully saturated rings. The molecule has 2 aromatic rings. The van der Waals surface area contributed by atoms with Gasteiger partial charge in [0.1, 0.15) is 25.6 Å². The van der Waals surface area contributed by atoms with Gasteiger partial charge in [0.25, 0.3) is 5.91 Å². The first-order valence-corrected chi connectivity index (χ1v) is 7.78. The molecule has 0 atom stereocenters. The molecule has 0 radical (unpaired) electrons. The Labute approximate surface area is 144 Å². The van der Waals surface area contributed by atoms with Crippen LogP contribution in [0, 0.1) is 0 Å². The van der Waals surface area contributed by atoms with Gasteiger partial charge >= 0.3 is 5.97 Å². The van der Waals surface area contributed by atoms with E-state index in [1.54, 1.807) is 30.3 Å². The number of rotatable bonds is 6. The number of benzene rings is 2. The molecule has 7 nitrogen and oxygen atoms in total. The van der Waals surface area contributed by atoms with Crippen molar-refractivity contribution < 1.29 is 28.9 Å². The highest BCUT2D eigenvalue weighted by molar-refractivity contribution is 5.97. The average molecular weight is 343 g/mol. The van der Waals surface area contributed by atoms with Gasteiger partial charge < -0.3 is 24.6 Å². The molecule has 25 heavy (non-hydrogen) atoms. The number of para-hydroxylation sites is 1. The molecule has 0 saturated carbocycles. The van der Waals surface area contributed by atoms with Crippen molar-refractivity contribution in [3.63, 3.8) is 0 Å². The second-order valence-corrected chi connectivity index (χ2v) is 5.26. The van der Waals surface area contributed by atoms with Gasteiger partial charge in [-0.2, -0.15) is 0 Å². The van der Waals surface area contributed by atoms with Gasteiger partial charge in [0.2, 0.25) is 0 Å². The molecule has 0 aliphatic carbocycles. The van der Waals surface area contributed by atoms with Crippen LogP contribution >= 0.6 is 0 Å². The van der Waals surface area contributed by atoms with Crippen molar-refractivity contribution in [1.82, 2.24) is 5.32 Å². The van der Waals surface area contributed by atoms with Gasteiger partial charge in [0.05, 0.1) is 17.7 Å². The molecule has 1 aliphatic rings. The number of aromatic carboxylic acids is 1. The Hall–Kier alpha value is -3.22. The zero-order chi connectivity index (χ0) is 17.6. The van der Waals surface area contributed by atoms with Crippen LogP contribution in [0.5, 0.6) is 17.2 Å². The lowest BCUT2D eigenvalue weighted by atomic mass is 10.1. The summed E-state index contributed by atoms with van der Waals surface area (Å²) in [4.78, 5) is 23.1. The standard InChI is InChI=1S/C18H17NO6/c20-17(14-2-1-3-15-16(14)25-11-10-24-15)19-8-9-23-13-6-4-12(5-7-13)18(21)22/h1-7H,8-11H2,(H,19,20)(H,21,22). The number of amides is 1. The molecule has 0 spiro atoms. The van der Waals surface area contributed by atoms with E-state index in [0.29, 0.717) is 42.6 Å². The lowest BCUT2D eigenvalue weighted by Crippen LogP contribution is -2.29. The number of hydrogen-bond acceptors (Lipinski definition) is 5. The minimum atomic E-state index is -0.990. The molecule has 0 unspecified atom stereocenters. The van der Waals surface area contributed by atoms with Crippen molar-refractivity contribution in [3.8, 4) is 17.2 Å². The van der Waals surface area contributed by atoms with Crippen LogP contribution in [0.15, 0.2) is 42.5 Å². The Bertz CT molecular complexity index is 772. The molecule has 2 N–H and O–H groups in total. The van der Waals surface area contributed by atoms with E-state index in [9.17, 15) is 9.59 Å². The molecule has 7 heteroatoms. The molecule has 1 amide bonds. The van der Waals surface area contributed by atoms with E-state index < -0.39 is 5.97 Å². The van der Waals surface area contributed by atoms with Gasteiger partial charge in [0.15, 0.2) is 11.5 Å². The topological polar surface area (TPSA) is 94.1 Å². The van der Waals surface area contributed by atoms with E-state index in [0.717, 1.165) is 0 Å². The molecule has 1 heterocycles. The second kappa shape index (κ2) is 7.57. The summed E-state index contributed by atoms with van der Waals surface area (Å²) >= 11 is 0. The summed E-state index contributed by atoms with van der Waals surface area (Å²) in [5.41, 5.74) is 0.611. The summed E-state index contributed by atoms with van der Waals surface area (Å²) < 4.78 is 16.4. The van der Waals surface area contributed by atoms with Crippen LogP contribution in [-0.2, 0) is 0 Å². The van der Waals surface area contributed by atoms with Gasteiger partial charge in [-0.3, -0.25) is 4.79 Å². The fraction of sp³-hybridized carbons (Fsp3) is 0.222. The van der Waals surface area contributed by atoms with Crippen molar-refractivity contribution in [2.45, 2.75) is 0 Å². The summed E-state index contributed by atoms with van der Waals surface area (Å²) in [6.07, 6.45) is 0. The number of carbonyl (C=O) groups is 2. The van der Waals surface area contributed by atoms with Crippen LogP contribution < -0.4 is 19.5 Å². The van der Waals surface area contributed by atoms with Crippen molar-refractivity contribution in [3.05, 3.63) is 53.6 Å². The normalized spacial score (nSPS) is 12.3. The molecule has 0 aromatic heterocycles. The lowest BCUT2D eigenvalue weighted by Gasteiger charge is -2.20. The molecular formula is C18H17NO6. The highest BCUT2D eigenvalue weighted by atomic mass is 16.6. The molecule has 3 rings (SSSR count). The van der Waals surface area contributed by atoms with Gasteiger partial charge in [-0.25, -0.2) is 4.79 Å². The van der Waals surface area contributed by atoms with E-state index in [4.69, 9.17) is 19.3 Å². The van der Waals surface area contributed by atoms with Crippen LogP contribution in [0.3, 0.4) is 0 Å². The van der Waals surface area contributed by atoms with E-state index in [1.165, 1.54) is 12.1 Å². The third kappa shape index (κ3) is 4.00. The van der Waals surface area contributed by atoms with Crippen molar-refractivity contribution >= 4 is 11.9 Å². The van der Waals surface area contributed by atoms with Crippen molar-refractivity contribution in [2.24, 2.45) is 0 Å². The summed E-state index contributed by atoms with van der Waals surface area (Å²) in [5, 5.41) is 11.6. The van der Waals surface area contributed by atoms with Crippen LogP contribution in [0.2, 0.25) is 0 Å². The first-order chi connectivity index (χ1) is 12.1. The molecule has 1 aliphatic heterocycles. The van der Waals surface area contributed by atoms with Crippen LogP contribution in [0.4, 0.5) is 0 Å². The SMILES string of the molecule is O=C(O)c1ccc(OCCNC(=O)c2cccc3c2OCCO3)cc1. The van der Waals surface area contributed by atoms with E-state index >= 15 is 0 Å². The quantitative estimate of drug-likeness (QED) is 0.779. The minimum Gasteiger partial charge on any atom is -0.492 e. The Morgan fingerprint density at radius 1 is 1.08 bits per heavy atom. The number of carbonyl (C=O) groups excluding carboxylic acids is 1. The van der Waals surface area contributed by atoms with Gasteiger partial charge in [0, 0.05) is 0 Å². The number of hydrogen-bond donors (Lipinski definition) is 2.